The first-order valence-electron chi connectivity index (χ1n) is 14.5. The van der Waals surface area contributed by atoms with E-state index in [9.17, 15) is 29.4 Å². The second kappa shape index (κ2) is 15.9. The number of phenols is 1. The molecule has 0 bridgehead atoms. The van der Waals surface area contributed by atoms with E-state index >= 15 is 0 Å². The molecule has 0 aromatic heterocycles. The monoisotopic (exact) mass is 590 g/mol. The number of hydrogen-bond acceptors (Lipinski definition) is 6. The molecule has 1 aliphatic heterocycles. The summed E-state index contributed by atoms with van der Waals surface area (Å²) in [5.74, 6) is -2.73. The molecule has 0 unspecified atom stereocenters. The molecule has 8 N–H and O–H groups in total. The van der Waals surface area contributed by atoms with Gasteiger partial charge < -0.3 is 41.7 Å². The summed E-state index contributed by atoms with van der Waals surface area (Å²) < 4.78 is 0.788. The lowest BCUT2D eigenvalue weighted by Gasteiger charge is -2.30. The Kier molecular flexibility index (Phi) is 13.0. The van der Waals surface area contributed by atoms with Gasteiger partial charge in [0.25, 0.3) is 0 Å². The number of aromatic hydroxyl groups is 1. The number of likely N-dealkylation sites (tertiary alicyclic amines) is 1. The highest BCUT2D eigenvalue weighted by atomic mass is 16.4. The largest absolute Gasteiger partial charge is 0.508 e. The van der Waals surface area contributed by atoms with Gasteiger partial charge in [-0.3, -0.25) is 19.4 Å². The van der Waals surface area contributed by atoms with Gasteiger partial charge in [0.2, 0.25) is 17.7 Å². The van der Waals surface area contributed by atoms with E-state index in [0.29, 0.717) is 37.8 Å². The Morgan fingerprint density at radius 2 is 1.71 bits per heavy atom. The Morgan fingerprint density at radius 3 is 2.31 bits per heavy atom. The van der Waals surface area contributed by atoms with Crippen molar-refractivity contribution in [3.05, 3.63) is 29.8 Å². The lowest BCUT2D eigenvalue weighted by molar-refractivity contribution is -0.870. The number of carboxylic acid groups (broad SMARTS) is 1. The zero-order valence-electron chi connectivity index (χ0n) is 25.2. The highest BCUT2D eigenvalue weighted by Crippen LogP contribution is 2.21. The zero-order chi connectivity index (χ0) is 31.4. The maximum Gasteiger partial charge on any atom is 0.326 e. The number of carbonyl (C=O) groups excluding carboxylic acids is 3. The third-order valence-electron chi connectivity index (χ3n) is 7.30. The van der Waals surface area contributed by atoms with Crippen LogP contribution < -0.4 is 22.1 Å². The summed E-state index contributed by atoms with van der Waals surface area (Å²) in [5, 5.41) is 24.7. The van der Waals surface area contributed by atoms with Crippen LogP contribution in [0.1, 0.15) is 51.0 Å². The number of nitrogens with two attached hydrogens (primary N) is 2. The van der Waals surface area contributed by atoms with E-state index in [4.69, 9.17) is 11.5 Å². The number of aliphatic carboxylic acids is 1. The zero-order valence-corrected chi connectivity index (χ0v) is 25.2. The molecule has 1 fully saturated rings. The molecular weight excluding hydrogens is 542 g/mol. The summed E-state index contributed by atoms with van der Waals surface area (Å²) >= 11 is 0. The van der Waals surface area contributed by atoms with Gasteiger partial charge in [0.1, 0.15) is 23.9 Å². The molecule has 13 heteroatoms. The second-order valence-corrected chi connectivity index (χ2v) is 12.0. The van der Waals surface area contributed by atoms with Gasteiger partial charge >= 0.3 is 5.97 Å². The predicted molar refractivity (Wildman–Crippen MR) is 159 cm³/mol. The van der Waals surface area contributed by atoms with Gasteiger partial charge in [-0.25, -0.2) is 4.79 Å². The van der Waals surface area contributed by atoms with Crippen LogP contribution in [0.3, 0.4) is 0 Å². The molecule has 4 atom stereocenters. The number of nitrogens with zero attached hydrogens (tertiary/aromatic N) is 3. The third kappa shape index (κ3) is 11.6. The van der Waals surface area contributed by atoms with E-state index in [1.165, 1.54) is 17.0 Å². The molecule has 3 amide bonds. The van der Waals surface area contributed by atoms with E-state index in [2.05, 4.69) is 36.8 Å². The van der Waals surface area contributed by atoms with Gasteiger partial charge in [-0.05, 0) is 56.2 Å². The van der Waals surface area contributed by atoms with Crippen molar-refractivity contribution >= 4 is 29.7 Å². The molecule has 0 saturated carbocycles. The Bertz CT molecular complexity index is 1100. The number of carbonyl (C=O) groups is 4. The quantitative estimate of drug-likeness (QED) is 0.0676. The van der Waals surface area contributed by atoms with Crippen LogP contribution in [0.25, 0.3) is 0 Å². The van der Waals surface area contributed by atoms with Crippen LogP contribution in [0.2, 0.25) is 0 Å². The number of phenolic OH excluding ortho intramolecular Hbond substituents is 1. The molecule has 2 rings (SSSR count). The number of carboxylic acids is 1. The molecule has 1 heterocycles. The van der Waals surface area contributed by atoms with Crippen molar-refractivity contribution < 1.29 is 33.9 Å². The molecule has 0 spiro atoms. The lowest BCUT2D eigenvalue weighted by atomic mass is 10.0. The molecule has 13 nitrogen and oxygen atoms in total. The van der Waals surface area contributed by atoms with Gasteiger partial charge in [0.15, 0.2) is 5.96 Å². The topological polar surface area (TPSA) is 200 Å². The van der Waals surface area contributed by atoms with Crippen molar-refractivity contribution in [3.8, 4) is 5.75 Å². The number of quaternary nitrogens is 1. The Morgan fingerprint density at radius 1 is 1.05 bits per heavy atom. The van der Waals surface area contributed by atoms with Gasteiger partial charge in [0, 0.05) is 25.4 Å². The van der Waals surface area contributed by atoms with Gasteiger partial charge in [-0.2, -0.15) is 0 Å². The van der Waals surface area contributed by atoms with Crippen LogP contribution in [0.15, 0.2) is 29.3 Å². The van der Waals surface area contributed by atoms with Gasteiger partial charge in [-0.15, -0.1) is 0 Å². The average Bonchev–Trinajstić information content (AvgIpc) is 3.40. The van der Waals surface area contributed by atoms with E-state index in [-0.39, 0.29) is 42.9 Å². The Hall–Kier alpha value is -3.87. The van der Waals surface area contributed by atoms with Crippen molar-refractivity contribution in [1.82, 2.24) is 15.5 Å². The summed E-state index contributed by atoms with van der Waals surface area (Å²) in [6, 6.07) is 3.09. The van der Waals surface area contributed by atoms with E-state index in [0.717, 1.165) is 17.4 Å². The van der Waals surface area contributed by atoms with Crippen LogP contribution in [0.5, 0.6) is 5.75 Å². The number of guanidine groups is 1. The summed E-state index contributed by atoms with van der Waals surface area (Å²) in [5.41, 5.74) is 11.5. The fraction of sp³-hybridized carbons (Fsp3) is 0.621. The highest BCUT2D eigenvalue weighted by molar-refractivity contribution is 5.94. The van der Waals surface area contributed by atoms with Crippen LogP contribution in [-0.4, -0.2) is 108 Å². The van der Waals surface area contributed by atoms with Gasteiger partial charge in [-0.1, -0.05) is 19.1 Å². The highest BCUT2D eigenvalue weighted by Gasteiger charge is 2.39. The minimum absolute atomic E-state index is 0.0114. The number of nitrogens with one attached hydrogen (secondary N) is 2. The maximum atomic E-state index is 13.7. The normalized spacial score (nSPS) is 17.1. The molecule has 1 aliphatic rings. The molecule has 1 aromatic carbocycles. The van der Waals surface area contributed by atoms with Crippen LogP contribution >= 0.6 is 0 Å². The molecule has 1 aromatic rings. The molecule has 234 valence electrons. The lowest BCUT2D eigenvalue weighted by Crippen LogP contribution is -2.56. The fourth-order valence-corrected chi connectivity index (χ4v) is 4.92. The number of amides is 3. The molecule has 0 radical (unpaired) electrons. The minimum Gasteiger partial charge on any atom is -0.508 e. The smallest absolute Gasteiger partial charge is 0.326 e. The van der Waals surface area contributed by atoms with Gasteiger partial charge in [0.05, 0.1) is 27.7 Å². The molecule has 1 saturated heterocycles. The summed E-state index contributed by atoms with van der Waals surface area (Å²) in [6.45, 7) is 3.33. The molecule has 42 heavy (non-hydrogen) atoms. The SMILES string of the molecule is C[C@@H](CCC[N+](C)(C)C)C(=O)N[C@@H](CCCN=C(N)N)C(=O)N1CCC[C@H]1C(=O)N[C@@H](Cc1ccc(O)cc1)C(=O)O. The summed E-state index contributed by atoms with van der Waals surface area (Å²) in [4.78, 5) is 57.4. The van der Waals surface area contributed by atoms with E-state index in [1.807, 2.05) is 6.92 Å². The third-order valence-corrected chi connectivity index (χ3v) is 7.30. The standard InChI is InChI=1S/C29H47N7O6/c1-19(8-7-17-36(2,3)4)25(38)33-22(9-5-15-32-29(30)31)27(40)35-16-6-10-24(35)26(39)34-23(28(41)42)18-20-11-13-21(37)14-12-20/h11-14,19,22-24H,5-10,15-18H2,1-4H3,(H7-,30,31,32,33,34,37,38,39,41,42)/p+1/t19-,22-,23-,24-/m0/s1. The van der Waals surface area contributed by atoms with Crippen molar-refractivity contribution in [1.29, 1.82) is 0 Å². The van der Waals surface area contributed by atoms with Crippen LogP contribution in [0.4, 0.5) is 0 Å². The second-order valence-electron chi connectivity index (χ2n) is 12.0. The fourth-order valence-electron chi connectivity index (χ4n) is 4.92. The first kappa shape index (κ1) is 34.3. The first-order valence-corrected chi connectivity index (χ1v) is 14.5. The van der Waals surface area contributed by atoms with Crippen LogP contribution in [-0.2, 0) is 25.6 Å². The Balaban J connectivity index is 2.12. The van der Waals surface area contributed by atoms with Crippen molar-refractivity contribution in [3.63, 3.8) is 0 Å². The van der Waals surface area contributed by atoms with E-state index in [1.54, 1.807) is 12.1 Å². The number of hydrogen-bond donors (Lipinski definition) is 6. The summed E-state index contributed by atoms with van der Waals surface area (Å²) in [6.07, 6.45) is 3.18. The number of aliphatic imine (C=N–C) groups is 1. The number of benzene rings is 1. The first-order chi connectivity index (χ1) is 19.7. The molecule has 0 aliphatic carbocycles. The minimum atomic E-state index is -1.22. The average molecular weight is 591 g/mol. The summed E-state index contributed by atoms with van der Waals surface area (Å²) in [7, 11) is 6.26. The van der Waals surface area contributed by atoms with Crippen molar-refractivity contribution in [2.75, 3.05) is 40.8 Å². The van der Waals surface area contributed by atoms with Crippen LogP contribution in [0, 0.1) is 5.92 Å². The van der Waals surface area contributed by atoms with E-state index < -0.39 is 35.9 Å². The predicted octanol–water partition coefficient (Wildman–Crippen LogP) is 0.156. The maximum absolute atomic E-state index is 13.7. The van der Waals surface area contributed by atoms with Crippen molar-refractivity contribution in [2.24, 2.45) is 22.4 Å². The Labute approximate surface area is 247 Å². The number of rotatable bonds is 16. The molecular formula is C29H48N7O6+. The van der Waals surface area contributed by atoms with Crippen molar-refractivity contribution in [2.45, 2.75) is 70.0 Å².